The molecule has 0 spiro atoms. The van der Waals surface area contributed by atoms with Crippen molar-refractivity contribution in [2.75, 3.05) is 10.6 Å². The number of hydrogen-bond donors (Lipinski definition) is 2. The molecule has 0 aliphatic carbocycles. The van der Waals surface area contributed by atoms with Crippen LogP contribution in [0.3, 0.4) is 0 Å². The number of amides is 2. The molecule has 0 unspecified atom stereocenters. The van der Waals surface area contributed by atoms with Crippen LogP contribution < -0.4 is 15.4 Å². The molecule has 0 radical (unpaired) electrons. The second-order valence-corrected chi connectivity index (χ2v) is 10.1. The lowest BCUT2D eigenvalue weighted by atomic mass is 9.92. The summed E-state index contributed by atoms with van der Waals surface area (Å²) in [5.74, 6) is 1.43. The van der Waals surface area contributed by atoms with Crippen molar-refractivity contribution in [3.63, 3.8) is 0 Å². The Morgan fingerprint density at radius 1 is 0.974 bits per heavy atom. The molecule has 0 saturated heterocycles. The summed E-state index contributed by atoms with van der Waals surface area (Å²) in [5.41, 5.74) is 3.84. The molecule has 5 aromatic rings. The largest absolute Gasteiger partial charge is 0.456 e. The number of aryl methyl sites for hydroxylation is 1. The average molecular weight is 518 g/mol. The minimum atomic E-state index is -0.489. The van der Waals surface area contributed by atoms with Crippen molar-refractivity contribution in [3.8, 4) is 23.3 Å². The van der Waals surface area contributed by atoms with Gasteiger partial charge in [0.25, 0.3) is 0 Å². The highest BCUT2D eigenvalue weighted by atomic mass is 16.5. The van der Waals surface area contributed by atoms with Crippen LogP contribution in [0.4, 0.5) is 16.3 Å². The maximum Gasteiger partial charge on any atom is 0.324 e. The van der Waals surface area contributed by atoms with E-state index in [1.807, 2.05) is 49.4 Å². The molecule has 0 aliphatic heterocycles. The van der Waals surface area contributed by atoms with Gasteiger partial charge in [0, 0.05) is 40.5 Å². The minimum absolute atomic E-state index is 0.241. The molecule has 39 heavy (non-hydrogen) atoms. The summed E-state index contributed by atoms with van der Waals surface area (Å²) < 4.78 is 7.57. The summed E-state index contributed by atoms with van der Waals surface area (Å²) in [4.78, 5) is 21.7. The molecule has 0 saturated carbocycles. The van der Waals surface area contributed by atoms with Crippen molar-refractivity contribution in [2.24, 2.45) is 0 Å². The first-order chi connectivity index (χ1) is 18.7. The maximum absolute atomic E-state index is 13.1. The molecular formula is C30H27N7O2. The molecule has 0 bridgehead atoms. The summed E-state index contributed by atoms with van der Waals surface area (Å²) in [6.45, 7) is 8.07. The van der Waals surface area contributed by atoms with Crippen molar-refractivity contribution in [1.29, 1.82) is 5.26 Å². The second kappa shape index (κ2) is 10.3. The number of rotatable bonds is 5. The van der Waals surface area contributed by atoms with Gasteiger partial charge in [0.2, 0.25) is 0 Å². The van der Waals surface area contributed by atoms with Crippen LogP contribution in [0.15, 0.2) is 79.1 Å². The Balaban J connectivity index is 1.42. The number of anilines is 2. The van der Waals surface area contributed by atoms with Crippen molar-refractivity contribution in [2.45, 2.75) is 33.1 Å². The van der Waals surface area contributed by atoms with E-state index < -0.39 is 6.03 Å². The molecule has 0 fully saturated rings. The van der Waals surface area contributed by atoms with Gasteiger partial charge in [0.05, 0.1) is 34.7 Å². The molecule has 3 heterocycles. The number of benzene rings is 2. The van der Waals surface area contributed by atoms with E-state index in [-0.39, 0.29) is 5.41 Å². The molecule has 0 aliphatic rings. The number of urea groups is 1. The number of nitrogens with one attached hydrogen (secondary N) is 2. The minimum Gasteiger partial charge on any atom is -0.456 e. The lowest BCUT2D eigenvalue weighted by molar-refractivity contribution is 0.262. The quantitative estimate of drug-likeness (QED) is 0.267. The van der Waals surface area contributed by atoms with E-state index in [0.717, 1.165) is 28.0 Å². The van der Waals surface area contributed by atoms with E-state index in [9.17, 15) is 10.1 Å². The van der Waals surface area contributed by atoms with Gasteiger partial charge in [0.1, 0.15) is 17.3 Å². The third kappa shape index (κ3) is 5.86. The van der Waals surface area contributed by atoms with Gasteiger partial charge in [-0.3, -0.25) is 15.3 Å². The van der Waals surface area contributed by atoms with Crippen LogP contribution in [0.1, 0.15) is 37.7 Å². The predicted octanol–water partition coefficient (Wildman–Crippen LogP) is 6.73. The molecule has 2 aromatic carbocycles. The molecule has 2 N–H and O–H groups in total. The van der Waals surface area contributed by atoms with Gasteiger partial charge in [0.15, 0.2) is 0 Å². The lowest BCUT2D eigenvalue weighted by Crippen LogP contribution is -2.21. The van der Waals surface area contributed by atoms with Crippen molar-refractivity contribution >= 4 is 28.4 Å². The number of carbonyl (C=O) groups excluding carboxylic acids is 1. The summed E-state index contributed by atoms with van der Waals surface area (Å²) >= 11 is 0. The number of nitrogens with zero attached hydrogens (tertiary/aromatic N) is 5. The molecule has 0 atom stereocenters. The number of ether oxygens (including phenoxy) is 1. The van der Waals surface area contributed by atoms with Gasteiger partial charge in [-0.1, -0.05) is 26.8 Å². The van der Waals surface area contributed by atoms with Crippen molar-refractivity contribution < 1.29 is 9.53 Å². The summed E-state index contributed by atoms with van der Waals surface area (Å²) in [6.07, 6.45) is 3.35. The number of hydrogen-bond acceptors (Lipinski definition) is 6. The highest BCUT2D eigenvalue weighted by Crippen LogP contribution is 2.29. The van der Waals surface area contributed by atoms with Crippen LogP contribution in [-0.4, -0.2) is 25.8 Å². The standard InChI is InChI=1S/C30H27N7O2/c1-19-7-9-24(18-33-19)39-25-13-20(17-31)12-22(15-25)34-29(38)35-28-16-27(30(2,3)4)36-37(28)23-8-10-26-21(14-23)6-5-11-32-26/h5-16,18H,1-4H3,(H2,34,35,38). The average Bonchev–Trinajstić information content (AvgIpc) is 3.34. The maximum atomic E-state index is 13.1. The monoisotopic (exact) mass is 517 g/mol. The molecule has 2 amide bonds. The Morgan fingerprint density at radius 3 is 2.56 bits per heavy atom. The van der Waals surface area contributed by atoms with E-state index in [4.69, 9.17) is 9.84 Å². The first-order valence-corrected chi connectivity index (χ1v) is 12.4. The Hall–Kier alpha value is -5.23. The Kier molecular flexibility index (Phi) is 6.69. The predicted molar refractivity (Wildman–Crippen MR) is 150 cm³/mol. The number of aromatic nitrogens is 4. The van der Waals surface area contributed by atoms with E-state index in [0.29, 0.717) is 28.6 Å². The van der Waals surface area contributed by atoms with E-state index in [1.165, 1.54) is 0 Å². The van der Waals surface area contributed by atoms with Gasteiger partial charge in [-0.25, -0.2) is 9.48 Å². The highest BCUT2D eigenvalue weighted by Gasteiger charge is 2.22. The van der Waals surface area contributed by atoms with Crippen LogP contribution in [0, 0.1) is 18.3 Å². The lowest BCUT2D eigenvalue weighted by Gasteiger charge is -2.14. The van der Waals surface area contributed by atoms with Crippen molar-refractivity contribution in [3.05, 3.63) is 96.1 Å². The van der Waals surface area contributed by atoms with Gasteiger partial charge in [-0.2, -0.15) is 10.4 Å². The molecule has 5 rings (SSSR count). The Bertz CT molecular complexity index is 1710. The summed E-state index contributed by atoms with van der Waals surface area (Å²) in [6, 6.07) is 21.6. The zero-order valence-corrected chi connectivity index (χ0v) is 22.1. The zero-order valence-electron chi connectivity index (χ0n) is 22.1. The third-order valence-electron chi connectivity index (χ3n) is 5.96. The van der Waals surface area contributed by atoms with Crippen LogP contribution in [0.5, 0.6) is 11.5 Å². The van der Waals surface area contributed by atoms with Gasteiger partial charge in [-0.05, 0) is 55.5 Å². The smallest absolute Gasteiger partial charge is 0.324 e. The molecule has 3 aromatic heterocycles. The second-order valence-electron chi connectivity index (χ2n) is 10.1. The van der Waals surface area contributed by atoms with E-state index >= 15 is 0 Å². The van der Waals surface area contributed by atoms with Gasteiger partial charge < -0.3 is 10.1 Å². The molecular weight excluding hydrogens is 490 g/mol. The number of nitriles is 1. The SMILES string of the molecule is Cc1ccc(Oc2cc(C#N)cc(NC(=O)Nc3cc(C(C)(C)C)nn3-c3ccc4ncccc4c3)c2)cn1. The van der Waals surface area contributed by atoms with Crippen LogP contribution in [0.25, 0.3) is 16.6 Å². The normalized spacial score (nSPS) is 11.2. The van der Waals surface area contributed by atoms with Crippen molar-refractivity contribution in [1.82, 2.24) is 19.7 Å². The molecule has 9 nitrogen and oxygen atoms in total. The number of fused-ring (bicyclic) bond motifs is 1. The van der Waals surface area contributed by atoms with E-state index in [1.54, 1.807) is 41.3 Å². The zero-order chi connectivity index (χ0) is 27.6. The Labute approximate surface area is 226 Å². The van der Waals surface area contributed by atoms with Gasteiger partial charge in [-0.15, -0.1) is 0 Å². The molecule has 194 valence electrons. The van der Waals surface area contributed by atoms with E-state index in [2.05, 4.69) is 47.4 Å². The Morgan fingerprint density at radius 2 is 1.82 bits per heavy atom. The fourth-order valence-corrected chi connectivity index (χ4v) is 3.95. The summed E-state index contributed by atoms with van der Waals surface area (Å²) in [5, 5.41) is 21.0. The third-order valence-corrected chi connectivity index (χ3v) is 5.96. The van der Waals surface area contributed by atoms with Crippen LogP contribution in [-0.2, 0) is 5.41 Å². The number of carbonyl (C=O) groups is 1. The summed E-state index contributed by atoms with van der Waals surface area (Å²) in [7, 11) is 0. The fourth-order valence-electron chi connectivity index (χ4n) is 3.95. The van der Waals surface area contributed by atoms with Gasteiger partial charge >= 0.3 is 6.03 Å². The first kappa shape index (κ1) is 25.4. The number of pyridine rings is 2. The first-order valence-electron chi connectivity index (χ1n) is 12.4. The van der Waals surface area contributed by atoms with Crippen LogP contribution >= 0.6 is 0 Å². The topological polar surface area (TPSA) is 118 Å². The van der Waals surface area contributed by atoms with Crippen LogP contribution in [0.2, 0.25) is 0 Å². The molecule has 9 heteroatoms. The highest BCUT2D eigenvalue weighted by molar-refractivity contribution is 5.99. The fraction of sp³-hybridized carbons (Fsp3) is 0.167.